The lowest BCUT2D eigenvalue weighted by molar-refractivity contribution is -0.126. The molecule has 212 valence electrons. The molecule has 1 heterocycles. The summed E-state index contributed by atoms with van der Waals surface area (Å²) >= 11 is 0. The highest BCUT2D eigenvalue weighted by molar-refractivity contribution is 5.98. The molecule has 4 N–H and O–H groups in total. The summed E-state index contributed by atoms with van der Waals surface area (Å²) in [7, 11) is 0. The topological polar surface area (TPSA) is 121 Å². The van der Waals surface area contributed by atoms with Crippen LogP contribution in [0.5, 0.6) is 11.5 Å². The summed E-state index contributed by atoms with van der Waals surface area (Å²) in [6, 6.07) is 6.31. The van der Waals surface area contributed by atoms with Crippen LogP contribution in [0, 0.1) is 5.92 Å². The molecule has 8 heteroatoms. The van der Waals surface area contributed by atoms with E-state index in [-0.39, 0.29) is 35.1 Å². The molecular formula is C31H43N3O5. The van der Waals surface area contributed by atoms with Gasteiger partial charge in [-0.2, -0.15) is 0 Å². The van der Waals surface area contributed by atoms with Crippen LogP contribution in [0.25, 0.3) is 0 Å². The monoisotopic (exact) mass is 537 g/mol. The van der Waals surface area contributed by atoms with Crippen molar-refractivity contribution in [1.29, 1.82) is 0 Å². The molecule has 0 atom stereocenters. The Morgan fingerprint density at radius 1 is 0.949 bits per heavy atom. The van der Waals surface area contributed by atoms with E-state index < -0.39 is 11.4 Å². The summed E-state index contributed by atoms with van der Waals surface area (Å²) in [4.78, 5) is 40.2. The third-order valence-electron chi connectivity index (χ3n) is 8.24. The fourth-order valence-corrected chi connectivity index (χ4v) is 5.89. The van der Waals surface area contributed by atoms with Crippen molar-refractivity contribution >= 4 is 11.8 Å². The molecule has 4 rings (SSSR count). The Morgan fingerprint density at radius 2 is 1.64 bits per heavy atom. The minimum Gasteiger partial charge on any atom is -0.504 e. The molecule has 0 spiro atoms. The molecule has 1 saturated carbocycles. The Bertz CT molecular complexity index is 1240. The summed E-state index contributed by atoms with van der Waals surface area (Å²) in [6.45, 7) is 4.20. The predicted octanol–water partition coefficient (Wildman–Crippen LogP) is 4.37. The minimum absolute atomic E-state index is 0.116. The first-order chi connectivity index (χ1) is 18.7. The maximum atomic E-state index is 13.8. The number of rotatable bonds is 8. The quantitative estimate of drug-likeness (QED) is 0.373. The molecule has 2 aliphatic carbocycles. The number of pyridine rings is 1. The van der Waals surface area contributed by atoms with Crippen LogP contribution < -0.4 is 16.2 Å². The molecule has 39 heavy (non-hydrogen) atoms. The second-order valence-corrected chi connectivity index (χ2v) is 11.8. The van der Waals surface area contributed by atoms with E-state index in [1.807, 2.05) is 4.57 Å². The third kappa shape index (κ3) is 7.22. The van der Waals surface area contributed by atoms with Crippen molar-refractivity contribution in [1.82, 2.24) is 15.2 Å². The molecule has 8 nitrogen and oxygen atoms in total. The van der Waals surface area contributed by atoms with Gasteiger partial charge in [0.05, 0.1) is 0 Å². The third-order valence-corrected chi connectivity index (χ3v) is 8.24. The van der Waals surface area contributed by atoms with Crippen molar-refractivity contribution in [2.45, 2.75) is 103 Å². The lowest BCUT2D eigenvalue weighted by atomic mass is 9.88. The summed E-state index contributed by atoms with van der Waals surface area (Å²) < 4.78 is 1.89. The number of fused-ring (bicyclic) bond motifs is 1. The second kappa shape index (κ2) is 12.7. The highest BCUT2D eigenvalue weighted by Gasteiger charge is 2.31. The van der Waals surface area contributed by atoms with Gasteiger partial charge in [0.2, 0.25) is 5.91 Å². The Labute approximate surface area is 230 Å². The molecule has 0 saturated heterocycles. The zero-order valence-corrected chi connectivity index (χ0v) is 23.4. The van der Waals surface area contributed by atoms with Crippen LogP contribution in [-0.4, -0.2) is 38.7 Å². The second-order valence-electron chi connectivity index (χ2n) is 11.8. The number of carbonyl (C=O) groups excluding carboxylic acids is 2. The van der Waals surface area contributed by atoms with E-state index >= 15 is 0 Å². The van der Waals surface area contributed by atoms with Crippen LogP contribution in [0.1, 0.15) is 98.8 Å². The predicted molar refractivity (Wildman–Crippen MR) is 151 cm³/mol. The average Bonchev–Trinajstić information content (AvgIpc) is 2.88. The molecule has 2 aliphatic rings. The molecule has 2 aromatic rings. The van der Waals surface area contributed by atoms with Gasteiger partial charge >= 0.3 is 0 Å². The number of benzene rings is 1. The van der Waals surface area contributed by atoms with Gasteiger partial charge in [-0.3, -0.25) is 14.4 Å². The normalized spacial score (nSPS) is 16.6. The number of hydrogen-bond donors (Lipinski definition) is 4. The summed E-state index contributed by atoms with van der Waals surface area (Å²) in [5, 5.41) is 24.8. The number of nitrogens with one attached hydrogen (secondary N) is 2. The molecule has 1 aromatic heterocycles. The van der Waals surface area contributed by atoms with Crippen LogP contribution in [0.4, 0.5) is 0 Å². The van der Waals surface area contributed by atoms with E-state index in [1.54, 1.807) is 26.0 Å². The number of aromatic hydroxyl groups is 2. The zero-order valence-electron chi connectivity index (χ0n) is 23.4. The maximum Gasteiger partial charge on any atom is 0.263 e. The van der Waals surface area contributed by atoms with Gasteiger partial charge in [0.15, 0.2) is 11.5 Å². The maximum absolute atomic E-state index is 13.8. The van der Waals surface area contributed by atoms with Gasteiger partial charge in [-0.1, -0.05) is 38.2 Å². The molecular weight excluding hydrogens is 494 g/mol. The van der Waals surface area contributed by atoms with E-state index in [9.17, 15) is 24.6 Å². The summed E-state index contributed by atoms with van der Waals surface area (Å²) in [6.07, 6.45) is 12.5. The van der Waals surface area contributed by atoms with Gasteiger partial charge in [0, 0.05) is 18.8 Å². The number of phenolic OH excluding ortho intramolecular Hbond substituents is 2. The van der Waals surface area contributed by atoms with Crippen LogP contribution in [-0.2, 0) is 30.6 Å². The van der Waals surface area contributed by atoms with Crippen LogP contribution in [0.3, 0.4) is 0 Å². The number of carbonyl (C=O) groups is 2. The Balaban J connectivity index is 1.49. The van der Waals surface area contributed by atoms with E-state index in [0.717, 1.165) is 68.2 Å². The number of hydrogen-bond acceptors (Lipinski definition) is 5. The molecule has 2 amide bonds. The fourth-order valence-electron chi connectivity index (χ4n) is 5.89. The van der Waals surface area contributed by atoms with Crippen LogP contribution in [0.15, 0.2) is 29.1 Å². The number of amides is 2. The first-order valence-electron chi connectivity index (χ1n) is 14.5. The highest BCUT2D eigenvalue weighted by Crippen LogP contribution is 2.27. The van der Waals surface area contributed by atoms with Crippen molar-refractivity contribution in [3.05, 3.63) is 57.0 Å². The van der Waals surface area contributed by atoms with Crippen LogP contribution in [0.2, 0.25) is 0 Å². The number of aromatic nitrogens is 1. The van der Waals surface area contributed by atoms with Crippen molar-refractivity contribution < 1.29 is 19.8 Å². The molecule has 1 fully saturated rings. The Morgan fingerprint density at radius 3 is 2.36 bits per heavy atom. The largest absolute Gasteiger partial charge is 0.504 e. The highest BCUT2D eigenvalue weighted by atomic mass is 16.3. The Hall–Kier alpha value is -3.29. The smallest absolute Gasteiger partial charge is 0.263 e. The van der Waals surface area contributed by atoms with E-state index in [4.69, 9.17) is 0 Å². The molecule has 1 aromatic carbocycles. The first kappa shape index (κ1) is 28.7. The average molecular weight is 538 g/mol. The van der Waals surface area contributed by atoms with Gasteiger partial charge in [-0.25, -0.2) is 0 Å². The van der Waals surface area contributed by atoms with Crippen molar-refractivity contribution in [3.63, 3.8) is 0 Å². The minimum atomic E-state index is -1.24. The number of nitrogens with zero attached hydrogens (tertiary/aromatic N) is 1. The Kier molecular flexibility index (Phi) is 9.36. The lowest BCUT2D eigenvalue weighted by Gasteiger charge is -2.28. The lowest BCUT2D eigenvalue weighted by Crippen LogP contribution is -2.55. The van der Waals surface area contributed by atoms with Gasteiger partial charge in [0.25, 0.3) is 11.5 Å². The van der Waals surface area contributed by atoms with Crippen LogP contribution >= 0.6 is 0 Å². The number of aryl methyl sites for hydroxylation is 1. The molecule has 0 unspecified atom stereocenters. The van der Waals surface area contributed by atoms with Crippen molar-refractivity contribution in [2.24, 2.45) is 5.92 Å². The summed E-state index contributed by atoms with van der Waals surface area (Å²) in [5.41, 5.74) is 1.57. The van der Waals surface area contributed by atoms with E-state index in [2.05, 4.69) is 10.6 Å². The van der Waals surface area contributed by atoms with Crippen molar-refractivity contribution in [2.75, 3.05) is 6.54 Å². The van der Waals surface area contributed by atoms with Gasteiger partial charge in [-0.05, 0) is 94.0 Å². The SMILES string of the molecule is CC(C)(NC(=O)c1cc2c(n(CC3CCCCC3)c1=O)CCCCCC2)C(=O)NCCc1ccc(O)c(O)c1. The fraction of sp³-hybridized carbons (Fsp3) is 0.581. The van der Waals surface area contributed by atoms with Gasteiger partial charge in [-0.15, -0.1) is 0 Å². The molecule has 0 bridgehead atoms. The standard InChI is InChI=1S/C31H43N3O5/c1-31(2,30(39)32-17-16-21-14-15-26(35)27(36)18-21)33-28(37)24-19-23-12-8-3-4-9-13-25(23)34(29(24)38)20-22-10-6-5-7-11-22/h14-15,18-19,22,35-36H,3-13,16-17,20H2,1-2H3,(H,32,39)(H,33,37). The number of phenols is 2. The molecule has 0 radical (unpaired) electrons. The van der Waals surface area contributed by atoms with E-state index in [1.165, 1.54) is 31.4 Å². The van der Waals surface area contributed by atoms with Crippen molar-refractivity contribution in [3.8, 4) is 11.5 Å². The van der Waals surface area contributed by atoms with E-state index in [0.29, 0.717) is 18.9 Å². The first-order valence-corrected chi connectivity index (χ1v) is 14.5. The zero-order chi connectivity index (χ0) is 28.0. The van der Waals surface area contributed by atoms with Gasteiger partial charge in [0.1, 0.15) is 11.1 Å². The summed E-state index contributed by atoms with van der Waals surface area (Å²) in [5.74, 6) is -0.838. The molecule has 0 aliphatic heterocycles. The van der Waals surface area contributed by atoms with Gasteiger partial charge < -0.3 is 25.4 Å².